The number of aldehydes is 1. The van der Waals surface area contributed by atoms with E-state index in [1.165, 1.54) is 0 Å². The fourth-order valence-electron chi connectivity index (χ4n) is 1.19. The maximum Gasteiger partial charge on any atom is 0.142 e. The van der Waals surface area contributed by atoms with Crippen LogP contribution < -0.4 is 0 Å². The van der Waals surface area contributed by atoms with Gasteiger partial charge in [0.2, 0.25) is 0 Å². The molecule has 9 heavy (non-hydrogen) atoms. The summed E-state index contributed by atoms with van der Waals surface area (Å²) in [6, 6.07) is 0.113. The summed E-state index contributed by atoms with van der Waals surface area (Å²) in [5, 5.41) is 0. The van der Waals surface area contributed by atoms with Crippen LogP contribution in [0, 0.1) is 0 Å². The number of rotatable bonds is 2. The maximum absolute atomic E-state index is 10.3. The summed E-state index contributed by atoms with van der Waals surface area (Å²) < 4.78 is 0. The number of hydrogen-bond donors (Lipinski definition) is 0. The van der Waals surface area contributed by atoms with Crippen molar-refractivity contribution in [2.45, 2.75) is 18.9 Å². The molecule has 0 N–H and O–H groups in total. The topological polar surface area (TPSA) is 20.3 Å². The third kappa shape index (κ3) is 1.12. The van der Waals surface area contributed by atoms with Gasteiger partial charge >= 0.3 is 0 Å². The molecule has 0 saturated carbocycles. The van der Waals surface area contributed by atoms with Gasteiger partial charge in [0.1, 0.15) is 6.29 Å². The van der Waals surface area contributed by atoms with Gasteiger partial charge in [-0.1, -0.05) is 6.58 Å². The van der Waals surface area contributed by atoms with Crippen molar-refractivity contribution in [1.29, 1.82) is 0 Å². The normalized spacial score (nSPS) is 26.2. The van der Waals surface area contributed by atoms with Gasteiger partial charge in [0.25, 0.3) is 0 Å². The Morgan fingerprint density at radius 1 is 1.67 bits per heavy atom. The van der Waals surface area contributed by atoms with Crippen molar-refractivity contribution in [2.75, 3.05) is 6.54 Å². The molecule has 1 atom stereocenters. The van der Waals surface area contributed by atoms with E-state index in [9.17, 15) is 4.79 Å². The second-order valence-corrected chi connectivity index (χ2v) is 2.27. The number of likely N-dealkylation sites (tertiary alicyclic amines) is 1. The predicted molar refractivity (Wildman–Crippen MR) is 36.0 cm³/mol. The molecule has 1 rings (SSSR count). The standard InChI is InChI=1S/C7H11NO/c1-2-8-5-3-4-7(8)6-9/h2,6-7H,1,3-5H2/t7-/m0/s1. The molecule has 0 aromatic carbocycles. The third-order valence-corrected chi connectivity index (χ3v) is 1.73. The molecule has 0 aromatic heterocycles. The first-order valence-electron chi connectivity index (χ1n) is 3.22. The second-order valence-electron chi connectivity index (χ2n) is 2.27. The third-order valence-electron chi connectivity index (χ3n) is 1.73. The van der Waals surface area contributed by atoms with E-state index in [0.717, 1.165) is 25.7 Å². The first-order valence-corrected chi connectivity index (χ1v) is 3.22. The molecule has 1 heterocycles. The largest absolute Gasteiger partial charge is 0.368 e. The van der Waals surface area contributed by atoms with Gasteiger partial charge in [0.05, 0.1) is 6.04 Å². The Balaban J connectivity index is 2.50. The summed E-state index contributed by atoms with van der Waals surface area (Å²) in [5.41, 5.74) is 0. The molecule has 50 valence electrons. The van der Waals surface area contributed by atoms with Crippen LogP contribution in [0.1, 0.15) is 12.8 Å². The first kappa shape index (κ1) is 6.33. The highest BCUT2D eigenvalue weighted by Gasteiger charge is 2.19. The van der Waals surface area contributed by atoms with Crippen molar-refractivity contribution in [3.63, 3.8) is 0 Å². The predicted octanol–water partition coefficient (Wildman–Crippen LogP) is 0.793. The average molecular weight is 125 g/mol. The van der Waals surface area contributed by atoms with E-state index in [1.807, 2.05) is 4.90 Å². The zero-order chi connectivity index (χ0) is 6.69. The Labute approximate surface area is 55.2 Å². The lowest BCUT2D eigenvalue weighted by Crippen LogP contribution is -2.24. The fraction of sp³-hybridized carbons (Fsp3) is 0.571. The van der Waals surface area contributed by atoms with Gasteiger partial charge in [0, 0.05) is 6.54 Å². The van der Waals surface area contributed by atoms with Crippen LogP contribution in [0.15, 0.2) is 12.8 Å². The van der Waals surface area contributed by atoms with Crippen LogP contribution in [-0.2, 0) is 4.79 Å². The zero-order valence-electron chi connectivity index (χ0n) is 5.42. The lowest BCUT2D eigenvalue weighted by Gasteiger charge is -2.15. The van der Waals surface area contributed by atoms with Crippen LogP contribution in [0.3, 0.4) is 0 Å². The van der Waals surface area contributed by atoms with Crippen molar-refractivity contribution >= 4 is 6.29 Å². The van der Waals surface area contributed by atoms with Crippen molar-refractivity contribution in [3.8, 4) is 0 Å². The molecule has 0 aliphatic carbocycles. The Bertz CT molecular complexity index is 108. The Kier molecular flexibility index (Phi) is 1.88. The minimum Gasteiger partial charge on any atom is -0.368 e. The Morgan fingerprint density at radius 3 is 2.89 bits per heavy atom. The monoisotopic (exact) mass is 125 g/mol. The van der Waals surface area contributed by atoms with E-state index < -0.39 is 0 Å². The van der Waals surface area contributed by atoms with Crippen LogP contribution in [-0.4, -0.2) is 23.8 Å². The number of carbonyl (C=O) groups excluding carboxylic acids is 1. The van der Waals surface area contributed by atoms with Crippen LogP contribution in [0.5, 0.6) is 0 Å². The summed E-state index contributed by atoms with van der Waals surface area (Å²) in [5.74, 6) is 0. The molecule has 1 aliphatic rings. The van der Waals surface area contributed by atoms with Crippen LogP contribution in [0.4, 0.5) is 0 Å². The van der Waals surface area contributed by atoms with Crippen molar-refractivity contribution in [1.82, 2.24) is 4.90 Å². The van der Waals surface area contributed by atoms with Crippen molar-refractivity contribution in [3.05, 3.63) is 12.8 Å². The molecule has 0 unspecified atom stereocenters. The summed E-state index contributed by atoms with van der Waals surface area (Å²) in [6.45, 7) is 4.60. The van der Waals surface area contributed by atoms with E-state index >= 15 is 0 Å². The van der Waals surface area contributed by atoms with Gasteiger partial charge in [-0.3, -0.25) is 0 Å². The highest BCUT2D eigenvalue weighted by Crippen LogP contribution is 2.14. The Morgan fingerprint density at radius 2 is 2.44 bits per heavy atom. The number of nitrogens with zero attached hydrogens (tertiary/aromatic N) is 1. The molecular formula is C7H11NO. The summed E-state index contributed by atoms with van der Waals surface area (Å²) in [7, 11) is 0. The molecular weight excluding hydrogens is 114 g/mol. The molecule has 2 nitrogen and oxygen atoms in total. The van der Waals surface area contributed by atoms with E-state index in [0.29, 0.717) is 0 Å². The fourth-order valence-corrected chi connectivity index (χ4v) is 1.19. The lowest BCUT2D eigenvalue weighted by molar-refractivity contribution is -0.110. The van der Waals surface area contributed by atoms with Gasteiger partial charge in [-0.15, -0.1) is 0 Å². The highest BCUT2D eigenvalue weighted by molar-refractivity contribution is 5.58. The number of hydrogen-bond acceptors (Lipinski definition) is 2. The molecule has 0 amide bonds. The summed E-state index contributed by atoms with van der Waals surface area (Å²) >= 11 is 0. The number of carbonyl (C=O) groups is 1. The smallest absolute Gasteiger partial charge is 0.142 e. The highest BCUT2D eigenvalue weighted by atomic mass is 16.1. The minimum atomic E-state index is 0.113. The van der Waals surface area contributed by atoms with Crippen molar-refractivity contribution in [2.24, 2.45) is 0 Å². The second kappa shape index (κ2) is 2.67. The Hall–Kier alpha value is -0.790. The van der Waals surface area contributed by atoms with E-state index in [-0.39, 0.29) is 6.04 Å². The molecule has 2 heteroatoms. The molecule has 0 aromatic rings. The van der Waals surface area contributed by atoms with Crippen molar-refractivity contribution < 1.29 is 4.79 Å². The molecule has 0 bridgehead atoms. The first-order chi connectivity index (χ1) is 4.38. The summed E-state index contributed by atoms with van der Waals surface area (Å²) in [6.07, 6.45) is 4.85. The maximum atomic E-state index is 10.3. The minimum absolute atomic E-state index is 0.113. The SMILES string of the molecule is C=CN1CCC[C@H]1C=O. The molecule has 1 saturated heterocycles. The molecule has 1 aliphatic heterocycles. The average Bonchev–Trinajstić information content (AvgIpc) is 2.33. The molecule has 0 radical (unpaired) electrons. The van der Waals surface area contributed by atoms with Gasteiger partial charge in [-0.25, -0.2) is 0 Å². The van der Waals surface area contributed by atoms with Crippen LogP contribution in [0.25, 0.3) is 0 Å². The zero-order valence-corrected chi connectivity index (χ0v) is 5.42. The van der Waals surface area contributed by atoms with Gasteiger partial charge < -0.3 is 9.69 Å². The quantitative estimate of drug-likeness (QED) is 0.508. The van der Waals surface area contributed by atoms with Crippen LogP contribution >= 0.6 is 0 Å². The summed E-state index contributed by atoms with van der Waals surface area (Å²) in [4.78, 5) is 12.3. The van der Waals surface area contributed by atoms with Gasteiger partial charge in [-0.2, -0.15) is 0 Å². The van der Waals surface area contributed by atoms with E-state index in [1.54, 1.807) is 6.20 Å². The molecule has 0 spiro atoms. The van der Waals surface area contributed by atoms with Crippen LogP contribution in [0.2, 0.25) is 0 Å². The van der Waals surface area contributed by atoms with Gasteiger partial charge in [-0.05, 0) is 19.0 Å². The van der Waals surface area contributed by atoms with E-state index in [4.69, 9.17) is 0 Å². The van der Waals surface area contributed by atoms with E-state index in [2.05, 4.69) is 6.58 Å². The molecule has 1 fully saturated rings. The lowest BCUT2D eigenvalue weighted by atomic mass is 10.2. The van der Waals surface area contributed by atoms with Gasteiger partial charge in [0.15, 0.2) is 0 Å².